The smallest absolute Gasteiger partial charge is 0.350 e. The lowest BCUT2D eigenvalue weighted by Crippen LogP contribution is -2.39. The van der Waals surface area contributed by atoms with Crippen molar-refractivity contribution < 1.29 is 42.0 Å². The molecule has 3 unspecified atom stereocenters. The molecular formula is C42H46O10. The topological polar surface area (TPSA) is 111 Å². The van der Waals surface area contributed by atoms with Crippen LogP contribution in [-0.2, 0) is 28.4 Å². The number of rotatable bonds is 12. The summed E-state index contributed by atoms with van der Waals surface area (Å²) < 4.78 is 54.9. The van der Waals surface area contributed by atoms with E-state index in [-0.39, 0.29) is 23.7 Å². The standard InChI is InChI=1S/C42H46O10/c1-25(7-10-35-40(3,4)50-35)15-20-47-39-28-13-18-42(49-34(28)24-32-30(39)17-22-45-32)51-36(41(5,6)52-42)11-8-26(2)14-19-46-38-27-9-12-37(43)48-33(27)23-31-29(38)16-21-44-31/h9,12-18,21-24,30,35-36,39H,7-8,10-11,19-20H2,1-6H3/b25-15+,26-14+/t30?,35?,36-,39?,42+/m1/s1. The van der Waals surface area contributed by atoms with Crippen LogP contribution in [-0.4, -0.2) is 48.7 Å². The first-order valence-electron chi connectivity index (χ1n) is 18.1. The van der Waals surface area contributed by atoms with Gasteiger partial charge in [-0.2, -0.15) is 0 Å². The van der Waals surface area contributed by atoms with Gasteiger partial charge in [-0.1, -0.05) is 17.2 Å². The molecule has 5 atom stereocenters. The summed E-state index contributed by atoms with van der Waals surface area (Å²) in [4.78, 5) is 11.8. The molecule has 10 heteroatoms. The summed E-state index contributed by atoms with van der Waals surface area (Å²) in [5.41, 5.74) is 3.34. The van der Waals surface area contributed by atoms with Gasteiger partial charge in [0.2, 0.25) is 0 Å². The Morgan fingerprint density at radius 3 is 2.40 bits per heavy atom. The maximum Gasteiger partial charge on any atom is 0.350 e. The lowest BCUT2D eigenvalue weighted by Gasteiger charge is -2.36. The van der Waals surface area contributed by atoms with Gasteiger partial charge in [-0.05, 0) is 97.6 Å². The molecule has 4 aliphatic heterocycles. The molecule has 0 amide bonds. The van der Waals surface area contributed by atoms with Crippen molar-refractivity contribution in [1.29, 1.82) is 0 Å². The Morgan fingerprint density at radius 2 is 1.63 bits per heavy atom. The fourth-order valence-corrected chi connectivity index (χ4v) is 7.45. The summed E-state index contributed by atoms with van der Waals surface area (Å²) >= 11 is 0. The van der Waals surface area contributed by atoms with Gasteiger partial charge in [0, 0.05) is 29.9 Å². The van der Waals surface area contributed by atoms with E-state index in [0.717, 1.165) is 41.6 Å². The second kappa shape index (κ2) is 13.3. The first-order valence-corrected chi connectivity index (χ1v) is 18.1. The monoisotopic (exact) mass is 710 g/mol. The van der Waals surface area contributed by atoms with E-state index >= 15 is 0 Å². The number of epoxide rings is 1. The van der Waals surface area contributed by atoms with Gasteiger partial charge in [-0.15, -0.1) is 0 Å². The Kier molecular flexibility index (Phi) is 8.85. The Hall–Kier alpha value is -4.35. The van der Waals surface area contributed by atoms with Crippen LogP contribution in [0, 0.1) is 5.92 Å². The van der Waals surface area contributed by atoms with E-state index in [9.17, 15) is 4.79 Å². The molecule has 5 aliphatic rings. The second-order valence-electron chi connectivity index (χ2n) is 15.3. The van der Waals surface area contributed by atoms with Crippen molar-refractivity contribution in [2.75, 3.05) is 13.2 Å². The number of ether oxygens (including phenoxy) is 7. The Labute approximate surface area is 302 Å². The Morgan fingerprint density at radius 1 is 0.904 bits per heavy atom. The first-order chi connectivity index (χ1) is 24.9. The van der Waals surface area contributed by atoms with E-state index in [2.05, 4.69) is 39.8 Å². The van der Waals surface area contributed by atoms with Gasteiger partial charge in [0.25, 0.3) is 0 Å². The van der Waals surface area contributed by atoms with E-state index in [1.165, 1.54) is 11.6 Å². The molecule has 2 aromatic heterocycles. The predicted molar refractivity (Wildman–Crippen MR) is 194 cm³/mol. The number of hydrogen-bond donors (Lipinski definition) is 0. The van der Waals surface area contributed by atoms with E-state index < -0.39 is 17.2 Å². The van der Waals surface area contributed by atoms with Gasteiger partial charge >= 0.3 is 11.6 Å². The molecule has 10 nitrogen and oxygen atoms in total. The van der Waals surface area contributed by atoms with E-state index in [1.54, 1.807) is 24.7 Å². The Balaban J connectivity index is 0.893. The van der Waals surface area contributed by atoms with Crippen molar-refractivity contribution in [2.24, 2.45) is 5.92 Å². The van der Waals surface area contributed by atoms with Crippen LogP contribution in [0.15, 0.2) is 115 Å². The molecule has 1 spiro atoms. The molecule has 52 heavy (non-hydrogen) atoms. The van der Waals surface area contributed by atoms with Crippen LogP contribution < -0.4 is 10.4 Å². The molecular weight excluding hydrogens is 664 g/mol. The zero-order valence-electron chi connectivity index (χ0n) is 30.6. The summed E-state index contributed by atoms with van der Waals surface area (Å²) in [5.74, 6) is 0.630. The maximum atomic E-state index is 11.8. The van der Waals surface area contributed by atoms with Crippen LogP contribution in [0.1, 0.15) is 67.2 Å². The predicted octanol–water partition coefficient (Wildman–Crippen LogP) is 8.68. The SMILES string of the molecule is C/C(=C\COC1C2=C(C=C3OC=CC31)O[C@@]1(C=C2)O[C@H](CC/C(C)=C/COc2c3ccoc3cc3oc(=O)ccc23)C(C)(C)O1)CCC1OC1(C)C. The number of hydrogen-bond acceptors (Lipinski definition) is 10. The van der Waals surface area contributed by atoms with Crippen LogP contribution in [0.4, 0.5) is 0 Å². The minimum absolute atomic E-state index is 0.00949. The van der Waals surface area contributed by atoms with Crippen molar-refractivity contribution >= 4 is 21.9 Å². The van der Waals surface area contributed by atoms with Crippen molar-refractivity contribution in [3.8, 4) is 5.75 Å². The molecule has 0 bridgehead atoms. The molecule has 0 saturated carbocycles. The molecule has 274 valence electrons. The summed E-state index contributed by atoms with van der Waals surface area (Å²) in [6, 6.07) is 6.67. The minimum atomic E-state index is -1.36. The van der Waals surface area contributed by atoms with Gasteiger partial charge in [0.1, 0.15) is 35.0 Å². The largest absolute Gasteiger partial charge is 0.488 e. The zero-order chi connectivity index (χ0) is 36.3. The number of furan rings is 1. The van der Waals surface area contributed by atoms with Crippen LogP contribution >= 0.6 is 0 Å². The third-order valence-electron chi connectivity index (χ3n) is 10.7. The summed E-state index contributed by atoms with van der Waals surface area (Å²) in [5, 5.41) is 1.53. The summed E-state index contributed by atoms with van der Waals surface area (Å²) in [6.45, 7) is 13.4. The summed E-state index contributed by atoms with van der Waals surface area (Å²) in [7, 11) is 0. The minimum Gasteiger partial charge on any atom is -0.488 e. The van der Waals surface area contributed by atoms with Gasteiger partial charge in [0.15, 0.2) is 0 Å². The van der Waals surface area contributed by atoms with E-state index in [1.807, 2.05) is 44.2 Å². The van der Waals surface area contributed by atoms with Crippen molar-refractivity contribution in [1.82, 2.24) is 0 Å². The van der Waals surface area contributed by atoms with Crippen molar-refractivity contribution in [2.45, 2.75) is 103 Å². The van der Waals surface area contributed by atoms with E-state index in [4.69, 9.17) is 42.0 Å². The van der Waals surface area contributed by atoms with Crippen LogP contribution in [0.5, 0.6) is 5.75 Å². The van der Waals surface area contributed by atoms with Gasteiger partial charge < -0.3 is 42.0 Å². The molecule has 1 aliphatic carbocycles. The number of benzene rings is 1. The van der Waals surface area contributed by atoms with Gasteiger partial charge in [0.05, 0.1) is 65.3 Å². The van der Waals surface area contributed by atoms with Crippen LogP contribution in [0.3, 0.4) is 0 Å². The highest BCUT2D eigenvalue weighted by molar-refractivity contribution is 6.01. The highest BCUT2D eigenvalue weighted by Crippen LogP contribution is 2.47. The molecule has 2 saturated heterocycles. The quantitative estimate of drug-likeness (QED) is 0.103. The van der Waals surface area contributed by atoms with Gasteiger partial charge in [-0.25, -0.2) is 4.79 Å². The highest BCUT2D eigenvalue weighted by atomic mass is 16.9. The average molecular weight is 711 g/mol. The van der Waals surface area contributed by atoms with Gasteiger partial charge in [-0.3, -0.25) is 0 Å². The normalized spacial score (nSPS) is 28.6. The lowest BCUT2D eigenvalue weighted by atomic mass is 9.87. The number of fused-ring (bicyclic) bond motifs is 3. The zero-order valence-corrected chi connectivity index (χ0v) is 30.6. The molecule has 8 rings (SSSR count). The molecule has 0 radical (unpaired) electrons. The molecule has 2 fully saturated rings. The molecule has 1 aromatic carbocycles. The van der Waals surface area contributed by atoms with E-state index in [0.29, 0.717) is 53.8 Å². The lowest BCUT2D eigenvalue weighted by molar-refractivity contribution is -0.297. The first kappa shape index (κ1) is 34.7. The molecule has 3 aromatic rings. The molecule has 0 N–H and O–H groups in total. The van der Waals surface area contributed by atoms with Crippen molar-refractivity contribution in [3.05, 3.63) is 112 Å². The summed E-state index contributed by atoms with van der Waals surface area (Å²) in [6.07, 6.45) is 18.6. The Bertz CT molecular complexity index is 2120. The fourth-order valence-electron chi connectivity index (χ4n) is 7.45. The molecule has 6 heterocycles. The highest BCUT2D eigenvalue weighted by Gasteiger charge is 2.55. The fraction of sp³-hybridized carbons (Fsp3) is 0.452. The second-order valence-corrected chi connectivity index (χ2v) is 15.3. The van der Waals surface area contributed by atoms with Crippen LogP contribution in [0.25, 0.3) is 21.9 Å². The maximum absolute atomic E-state index is 11.8. The van der Waals surface area contributed by atoms with Crippen molar-refractivity contribution in [3.63, 3.8) is 0 Å². The average Bonchev–Trinajstić information content (AvgIpc) is 3.49. The van der Waals surface area contributed by atoms with Crippen LogP contribution in [0.2, 0.25) is 0 Å². The third kappa shape index (κ3) is 6.80. The number of allylic oxidation sites excluding steroid dienone is 3. The third-order valence-corrected chi connectivity index (χ3v) is 10.7.